The van der Waals surface area contributed by atoms with Gasteiger partial charge >= 0.3 is 0 Å². The highest BCUT2D eigenvalue weighted by Crippen LogP contribution is 2.12. The van der Waals surface area contributed by atoms with Gasteiger partial charge in [0.05, 0.1) is 12.9 Å². The van der Waals surface area contributed by atoms with Gasteiger partial charge in [-0.3, -0.25) is 0 Å². The summed E-state index contributed by atoms with van der Waals surface area (Å²) < 4.78 is 5.26. The molecular formula is C13H23NO. The number of ether oxygens (including phenoxy) is 1. The van der Waals surface area contributed by atoms with E-state index in [1.807, 2.05) is 6.26 Å². The minimum Gasteiger partial charge on any atom is -0.501 e. The van der Waals surface area contributed by atoms with Crippen molar-refractivity contribution in [3.63, 3.8) is 0 Å². The summed E-state index contributed by atoms with van der Waals surface area (Å²) in [6, 6.07) is 0. The molecule has 0 amide bonds. The molecule has 1 aliphatic heterocycles. The highest BCUT2D eigenvalue weighted by atomic mass is 16.5. The second-order valence-corrected chi connectivity index (χ2v) is 5.03. The van der Waals surface area contributed by atoms with Crippen LogP contribution in [0.15, 0.2) is 24.0 Å². The van der Waals surface area contributed by atoms with Crippen molar-refractivity contribution in [1.82, 2.24) is 5.32 Å². The summed E-state index contributed by atoms with van der Waals surface area (Å²) in [7, 11) is 0. The van der Waals surface area contributed by atoms with Gasteiger partial charge in [-0.15, -0.1) is 0 Å². The fourth-order valence-electron chi connectivity index (χ4n) is 1.47. The lowest BCUT2D eigenvalue weighted by Gasteiger charge is -2.19. The third kappa shape index (κ3) is 6.34. The number of allylic oxidation sites excluding steroid dienone is 2. The van der Waals surface area contributed by atoms with Gasteiger partial charge in [-0.1, -0.05) is 12.2 Å². The topological polar surface area (TPSA) is 21.3 Å². The molecular weight excluding hydrogens is 186 g/mol. The zero-order chi connectivity index (χ0) is 11.1. The Morgan fingerprint density at radius 1 is 1.47 bits per heavy atom. The quantitative estimate of drug-likeness (QED) is 0.719. The molecule has 1 N–H and O–H groups in total. The number of hydrogen-bond acceptors (Lipinski definition) is 2. The SMILES string of the molecule is CC(C)(C)NCC/C=C/C1=COCCC1. The smallest absolute Gasteiger partial charge is 0.0876 e. The fraction of sp³-hybridized carbons (Fsp3) is 0.692. The van der Waals surface area contributed by atoms with Crippen molar-refractivity contribution in [3.05, 3.63) is 24.0 Å². The Kier molecular flexibility index (Phi) is 4.89. The molecule has 86 valence electrons. The molecule has 2 heteroatoms. The Hall–Kier alpha value is -0.760. The zero-order valence-corrected chi connectivity index (χ0v) is 10.2. The molecule has 1 heterocycles. The Balaban J connectivity index is 2.14. The molecule has 0 aliphatic carbocycles. The Morgan fingerprint density at radius 3 is 2.87 bits per heavy atom. The summed E-state index contributed by atoms with van der Waals surface area (Å²) in [5.41, 5.74) is 1.54. The van der Waals surface area contributed by atoms with E-state index < -0.39 is 0 Å². The van der Waals surface area contributed by atoms with Gasteiger partial charge in [-0.2, -0.15) is 0 Å². The molecule has 0 aromatic heterocycles. The summed E-state index contributed by atoms with van der Waals surface area (Å²) in [6.07, 6.45) is 9.67. The van der Waals surface area contributed by atoms with E-state index in [0.29, 0.717) is 0 Å². The molecule has 1 aliphatic rings. The van der Waals surface area contributed by atoms with Crippen LogP contribution in [0, 0.1) is 0 Å². The van der Waals surface area contributed by atoms with Crippen molar-refractivity contribution in [1.29, 1.82) is 0 Å². The zero-order valence-electron chi connectivity index (χ0n) is 10.2. The number of hydrogen-bond donors (Lipinski definition) is 1. The van der Waals surface area contributed by atoms with Crippen LogP contribution in [0.1, 0.15) is 40.0 Å². The summed E-state index contributed by atoms with van der Waals surface area (Å²) in [4.78, 5) is 0. The van der Waals surface area contributed by atoms with E-state index in [0.717, 1.165) is 32.4 Å². The maximum atomic E-state index is 5.26. The van der Waals surface area contributed by atoms with Crippen LogP contribution in [0.5, 0.6) is 0 Å². The van der Waals surface area contributed by atoms with Crippen molar-refractivity contribution < 1.29 is 4.74 Å². The minimum absolute atomic E-state index is 0.223. The first kappa shape index (κ1) is 12.3. The first-order valence-corrected chi connectivity index (χ1v) is 5.80. The van der Waals surface area contributed by atoms with Gasteiger partial charge in [0.15, 0.2) is 0 Å². The van der Waals surface area contributed by atoms with E-state index in [2.05, 4.69) is 38.2 Å². The first-order valence-electron chi connectivity index (χ1n) is 5.80. The monoisotopic (exact) mass is 209 g/mol. The Bertz CT molecular complexity index is 235. The number of nitrogens with one attached hydrogen (secondary N) is 1. The minimum atomic E-state index is 0.223. The Labute approximate surface area is 93.4 Å². The second kappa shape index (κ2) is 5.96. The lowest BCUT2D eigenvalue weighted by Crippen LogP contribution is -2.36. The van der Waals surface area contributed by atoms with Crippen LogP contribution in [0.2, 0.25) is 0 Å². The van der Waals surface area contributed by atoms with E-state index in [1.54, 1.807) is 0 Å². The van der Waals surface area contributed by atoms with Crippen molar-refractivity contribution in [2.45, 2.75) is 45.6 Å². The fourth-order valence-corrected chi connectivity index (χ4v) is 1.47. The average Bonchev–Trinajstić information content (AvgIpc) is 2.17. The predicted octanol–water partition coefficient (Wildman–Crippen LogP) is 3.02. The number of rotatable bonds is 4. The van der Waals surface area contributed by atoms with Crippen LogP contribution in [-0.4, -0.2) is 18.7 Å². The molecule has 0 atom stereocenters. The Morgan fingerprint density at radius 2 is 2.27 bits per heavy atom. The summed E-state index contributed by atoms with van der Waals surface area (Å²) in [6.45, 7) is 8.48. The van der Waals surface area contributed by atoms with E-state index in [1.165, 1.54) is 5.57 Å². The largest absolute Gasteiger partial charge is 0.501 e. The molecule has 0 spiro atoms. The highest BCUT2D eigenvalue weighted by Gasteiger charge is 2.06. The second-order valence-electron chi connectivity index (χ2n) is 5.03. The van der Waals surface area contributed by atoms with Gasteiger partial charge in [0.2, 0.25) is 0 Å². The van der Waals surface area contributed by atoms with Crippen LogP contribution < -0.4 is 5.32 Å². The van der Waals surface area contributed by atoms with E-state index >= 15 is 0 Å². The predicted molar refractivity (Wildman–Crippen MR) is 64.8 cm³/mol. The molecule has 2 nitrogen and oxygen atoms in total. The van der Waals surface area contributed by atoms with Crippen LogP contribution in [0.25, 0.3) is 0 Å². The summed E-state index contributed by atoms with van der Waals surface area (Å²) in [5, 5.41) is 3.46. The molecule has 15 heavy (non-hydrogen) atoms. The van der Waals surface area contributed by atoms with E-state index in [9.17, 15) is 0 Å². The van der Waals surface area contributed by atoms with Crippen LogP contribution in [0.3, 0.4) is 0 Å². The third-order valence-electron chi connectivity index (χ3n) is 2.26. The van der Waals surface area contributed by atoms with E-state index in [-0.39, 0.29) is 5.54 Å². The van der Waals surface area contributed by atoms with Crippen LogP contribution in [0.4, 0.5) is 0 Å². The molecule has 0 aromatic carbocycles. The molecule has 1 rings (SSSR count). The lowest BCUT2D eigenvalue weighted by molar-refractivity contribution is 0.227. The molecule has 0 fully saturated rings. The van der Waals surface area contributed by atoms with Gasteiger partial charge < -0.3 is 10.1 Å². The maximum Gasteiger partial charge on any atom is 0.0876 e. The van der Waals surface area contributed by atoms with Crippen LogP contribution >= 0.6 is 0 Å². The maximum absolute atomic E-state index is 5.26. The molecule has 0 unspecified atom stereocenters. The van der Waals surface area contributed by atoms with E-state index in [4.69, 9.17) is 4.74 Å². The highest BCUT2D eigenvalue weighted by molar-refractivity contribution is 5.17. The van der Waals surface area contributed by atoms with Crippen molar-refractivity contribution in [3.8, 4) is 0 Å². The third-order valence-corrected chi connectivity index (χ3v) is 2.26. The van der Waals surface area contributed by atoms with Gasteiger partial charge in [0.25, 0.3) is 0 Å². The van der Waals surface area contributed by atoms with Crippen LogP contribution in [-0.2, 0) is 4.74 Å². The summed E-state index contributed by atoms with van der Waals surface area (Å²) >= 11 is 0. The molecule has 0 aromatic rings. The van der Waals surface area contributed by atoms with Gasteiger partial charge in [0, 0.05) is 5.54 Å². The van der Waals surface area contributed by atoms with Gasteiger partial charge in [-0.05, 0) is 52.2 Å². The van der Waals surface area contributed by atoms with Gasteiger partial charge in [-0.25, -0.2) is 0 Å². The molecule has 0 saturated carbocycles. The average molecular weight is 209 g/mol. The summed E-state index contributed by atoms with van der Waals surface area (Å²) in [5.74, 6) is 0. The molecule has 0 saturated heterocycles. The lowest BCUT2D eigenvalue weighted by atomic mass is 10.1. The van der Waals surface area contributed by atoms with Gasteiger partial charge in [0.1, 0.15) is 0 Å². The normalized spacial score (nSPS) is 17.7. The standard InChI is InChI=1S/C13H23NO/c1-13(2,3)14-9-5-4-7-12-8-6-10-15-11-12/h4,7,11,14H,5-6,8-10H2,1-3H3/b7-4+. The van der Waals surface area contributed by atoms with Crippen molar-refractivity contribution >= 4 is 0 Å². The molecule has 0 bridgehead atoms. The van der Waals surface area contributed by atoms with Crippen molar-refractivity contribution in [2.75, 3.05) is 13.2 Å². The van der Waals surface area contributed by atoms with Crippen molar-refractivity contribution in [2.24, 2.45) is 0 Å². The first-order chi connectivity index (χ1) is 7.08. The molecule has 0 radical (unpaired) electrons.